The summed E-state index contributed by atoms with van der Waals surface area (Å²) in [5.41, 5.74) is 0.801. The van der Waals surface area contributed by atoms with E-state index in [9.17, 15) is 9.18 Å². The van der Waals surface area contributed by atoms with Crippen LogP contribution < -0.4 is 5.32 Å². The largest absolute Gasteiger partial charge is 0.339 e. The molecule has 0 aliphatic carbocycles. The minimum Gasteiger partial charge on any atom is -0.339 e. The molecule has 0 unspecified atom stereocenters. The van der Waals surface area contributed by atoms with Gasteiger partial charge < -0.3 is 9.84 Å². The highest BCUT2D eigenvalue weighted by molar-refractivity contribution is 6.33. The average molecular weight is 346 g/mol. The molecule has 3 aromatic rings. The lowest BCUT2D eigenvalue weighted by molar-refractivity contribution is -0.116. The van der Waals surface area contributed by atoms with Crippen LogP contribution in [-0.2, 0) is 11.2 Å². The molecule has 122 valence electrons. The summed E-state index contributed by atoms with van der Waals surface area (Å²) in [5.74, 6) is -0.138. The molecule has 1 amide bonds. The van der Waals surface area contributed by atoms with E-state index in [1.54, 1.807) is 30.3 Å². The Kier molecular flexibility index (Phi) is 4.86. The van der Waals surface area contributed by atoms with Gasteiger partial charge in [-0.25, -0.2) is 4.39 Å². The Balaban J connectivity index is 1.61. The molecule has 2 aromatic carbocycles. The van der Waals surface area contributed by atoms with Gasteiger partial charge in [0.25, 0.3) is 0 Å². The van der Waals surface area contributed by atoms with Crippen LogP contribution >= 0.6 is 11.6 Å². The van der Waals surface area contributed by atoms with Crippen LogP contribution in [0.15, 0.2) is 53.1 Å². The Morgan fingerprint density at radius 1 is 1.17 bits per heavy atom. The molecule has 0 saturated heterocycles. The fraction of sp³-hybridized carbons (Fsp3) is 0.118. The lowest BCUT2D eigenvalue weighted by atomic mass is 10.2. The molecule has 0 aliphatic rings. The second kappa shape index (κ2) is 7.23. The molecule has 7 heteroatoms. The molecular weight excluding hydrogens is 333 g/mol. The van der Waals surface area contributed by atoms with Gasteiger partial charge in [-0.1, -0.05) is 41.0 Å². The monoisotopic (exact) mass is 345 g/mol. The molecule has 0 saturated carbocycles. The van der Waals surface area contributed by atoms with E-state index in [-0.39, 0.29) is 24.4 Å². The Labute approximate surface area is 142 Å². The molecule has 0 fully saturated rings. The maximum absolute atomic E-state index is 13.5. The van der Waals surface area contributed by atoms with Gasteiger partial charge in [0.15, 0.2) is 0 Å². The van der Waals surface area contributed by atoms with Crippen molar-refractivity contribution in [1.82, 2.24) is 10.1 Å². The SMILES string of the molecule is O=C(CCc1nc(-c2ccccc2Cl)no1)Nc1ccccc1F. The fourth-order valence-corrected chi connectivity index (χ4v) is 2.32. The summed E-state index contributed by atoms with van der Waals surface area (Å²) in [7, 11) is 0. The molecule has 0 aliphatic heterocycles. The van der Waals surface area contributed by atoms with Gasteiger partial charge in [0, 0.05) is 18.4 Å². The Hall–Kier alpha value is -2.73. The standard InChI is InChI=1S/C17H13ClFN3O2/c18-12-6-2-1-5-11(12)17-21-16(24-22-17)10-9-15(23)20-14-8-4-3-7-13(14)19/h1-8H,9-10H2,(H,20,23). The molecule has 1 aromatic heterocycles. The van der Waals surface area contributed by atoms with Gasteiger partial charge >= 0.3 is 0 Å². The van der Waals surface area contributed by atoms with Crippen LogP contribution in [0.25, 0.3) is 11.4 Å². The smallest absolute Gasteiger partial charge is 0.227 e. The first-order valence-electron chi connectivity index (χ1n) is 7.25. The minimum atomic E-state index is -0.482. The van der Waals surface area contributed by atoms with E-state index in [1.165, 1.54) is 12.1 Å². The number of nitrogens with zero attached hydrogens (tertiary/aromatic N) is 2. The number of aromatic nitrogens is 2. The molecule has 0 bridgehead atoms. The maximum atomic E-state index is 13.5. The first kappa shape index (κ1) is 16.1. The van der Waals surface area contributed by atoms with Crippen molar-refractivity contribution in [3.8, 4) is 11.4 Å². The van der Waals surface area contributed by atoms with E-state index in [0.717, 1.165) is 0 Å². The molecule has 1 N–H and O–H groups in total. The predicted molar refractivity (Wildman–Crippen MR) is 88.1 cm³/mol. The van der Waals surface area contributed by atoms with Gasteiger partial charge in [0.2, 0.25) is 17.6 Å². The first-order valence-corrected chi connectivity index (χ1v) is 7.63. The van der Waals surface area contributed by atoms with Gasteiger partial charge in [-0.2, -0.15) is 4.98 Å². The second-order valence-electron chi connectivity index (χ2n) is 5.02. The van der Waals surface area contributed by atoms with Gasteiger partial charge in [-0.3, -0.25) is 4.79 Å². The Morgan fingerprint density at radius 2 is 1.92 bits per heavy atom. The van der Waals surface area contributed by atoms with Crippen molar-refractivity contribution < 1.29 is 13.7 Å². The minimum absolute atomic E-state index is 0.0957. The van der Waals surface area contributed by atoms with Crippen molar-refractivity contribution in [2.75, 3.05) is 5.32 Å². The third kappa shape index (κ3) is 3.78. The van der Waals surface area contributed by atoms with Crippen molar-refractivity contribution in [3.63, 3.8) is 0 Å². The second-order valence-corrected chi connectivity index (χ2v) is 5.43. The topological polar surface area (TPSA) is 68.0 Å². The third-order valence-electron chi connectivity index (χ3n) is 3.30. The molecule has 3 rings (SSSR count). The summed E-state index contributed by atoms with van der Waals surface area (Å²) in [6.45, 7) is 0. The number of rotatable bonds is 5. The lowest BCUT2D eigenvalue weighted by Gasteiger charge is -2.04. The molecule has 1 heterocycles. The third-order valence-corrected chi connectivity index (χ3v) is 3.63. The zero-order valence-electron chi connectivity index (χ0n) is 12.5. The quantitative estimate of drug-likeness (QED) is 0.756. The van der Waals surface area contributed by atoms with Gasteiger partial charge in [-0.15, -0.1) is 0 Å². The van der Waals surface area contributed by atoms with Crippen LogP contribution in [0.1, 0.15) is 12.3 Å². The zero-order valence-corrected chi connectivity index (χ0v) is 13.3. The number of carbonyl (C=O) groups is 1. The van der Waals surface area contributed by atoms with Crippen LogP contribution in [0.4, 0.5) is 10.1 Å². The number of para-hydroxylation sites is 1. The van der Waals surface area contributed by atoms with E-state index in [4.69, 9.17) is 16.1 Å². The normalized spacial score (nSPS) is 10.6. The maximum Gasteiger partial charge on any atom is 0.227 e. The molecule has 0 radical (unpaired) electrons. The number of nitrogens with one attached hydrogen (secondary N) is 1. The predicted octanol–water partition coefficient (Wildman–Crippen LogP) is 4.10. The van der Waals surface area contributed by atoms with Crippen molar-refractivity contribution in [1.29, 1.82) is 0 Å². The van der Waals surface area contributed by atoms with Crippen molar-refractivity contribution in [2.24, 2.45) is 0 Å². The van der Waals surface area contributed by atoms with E-state index >= 15 is 0 Å². The summed E-state index contributed by atoms with van der Waals surface area (Å²) in [6.07, 6.45) is 0.343. The van der Waals surface area contributed by atoms with Crippen molar-refractivity contribution >= 4 is 23.2 Å². The van der Waals surface area contributed by atoms with Crippen LogP contribution in [0.2, 0.25) is 5.02 Å². The van der Waals surface area contributed by atoms with Crippen molar-refractivity contribution in [2.45, 2.75) is 12.8 Å². The van der Waals surface area contributed by atoms with Crippen LogP contribution in [0, 0.1) is 5.82 Å². The number of amides is 1. The number of aryl methyl sites for hydroxylation is 1. The van der Waals surface area contributed by atoms with Gasteiger partial charge in [-0.05, 0) is 24.3 Å². The van der Waals surface area contributed by atoms with Crippen LogP contribution in [0.5, 0.6) is 0 Å². The van der Waals surface area contributed by atoms with Crippen LogP contribution in [0.3, 0.4) is 0 Å². The number of benzene rings is 2. The summed E-state index contributed by atoms with van der Waals surface area (Å²) in [6, 6.07) is 13.1. The summed E-state index contributed by atoms with van der Waals surface area (Å²) < 4.78 is 18.6. The Morgan fingerprint density at radius 3 is 2.71 bits per heavy atom. The van der Waals surface area contributed by atoms with Gasteiger partial charge in [0.05, 0.1) is 10.7 Å². The highest BCUT2D eigenvalue weighted by Gasteiger charge is 2.13. The van der Waals surface area contributed by atoms with E-state index < -0.39 is 5.82 Å². The number of hydrogen-bond donors (Lipinski definition) is 1. The number of hydrogen-bond acceptors (Lipinski definition) is 4. The molecule has 24 heavy (non-hydrogen) atoms. The number of anilines is 1. The zero-order chi connectivity index (χ0) is 16.9. The number of halogens is 2. The number of carbonyl (C=O) groups excluding carboxylic acids is 1. The van der Waals surface area contributed by atoms with E-state index in [2.05, 4.69) is 15.5 Å². The van der Waals surface area contributed by atoms with Crippen molar-refractivity contribution in [3.05, 3.63) is 65.3 Å². The molecular formula is C17H13ClFN3O2. The van der Waals surface area contributed by atoms with Gasteiger partial charge in [0.1, 0.15) is 5.82 Å². The van der Waals surface area contributed by atoms with E-state index in [0.29, 0.717) is 22.3 Å². The summed E-state index contributed by atoms with van der Waals surface area (Å²) in [4.78, 5) is 16.1. The Bertz CT molecular complexity index is 866. The molecule has 5 nitrogen and oxygen atoms in total. The summed E-state index contributed by atoms with van der Waals surface area (Å²) >= 11 is 6.08. The lowest BCUT2D eigenvalue weighted by Crippen LogP contribution is -2.13. The van der Waals surface area contributed by atoms with E-state index in [1.807, 2.05) is 6.07 Å². The average Bonchev–Trinajstić information content (AvgIpc) is 3.04. The highest BCUT2D eigenvalue weighted by atomic mass is 35.5. The first-order chi connectivity index (χ1) is 11.6. The highest BCUT2D eigenvalue weighted by Crippen LogP contribution is 2.25. The summed E-state index contributed by atoms with van der Waals surface area (Å²) in [5, 5.41) is 6.88. The molecule has 0 spiro atoms. The van der Waals surface area contributed by atoms with Crippen LogP contribution in [-0.4, -0.2) is 16.0 Å². The molecule has 0 atom stereocenters. The fourth-order valence-electron chi connectivity index (χ4n) is 2.10.